The van der Waals surface area contributed by atoms with Crippen LogP contribution in [0.5, 0.6) is 5.75 Å². The first kappa shape index (κ1) is 24.2. The minimum atomic E-state index is -3.85. The zero-order valence-electron chi connectivity index (χ0n) is 20.0. The standard InChI is InChI=1S/C26H26N4O4S/c1-18-21-9-5-6-10-22(21)28-25(27-18)17-29(2)26(31)19-13-15-20(16-14-19)35(32,33)30(3)23-11-7-8-12-24(23)34-4/h5-16H,17H2,1-4H3. The predicted molar refractivity (Wildman–Crippen MR) is 135 cm³/mol. The number of benzene rings is 3. The molecule has 0 aliphatic carbocycles. The first-order chi connectivity index (χ1) is 16.7. The second kappa shape index (κ2) is 9.71. The number of rotatable bonds is 7. The van der Waals surface area contributed by atoms with Gasteiger partial charge in [0.05, 0.1) is 29.8 Å². The Morgan fingerprint density at radius 1 is 0.914 bits per heavy atom. The van der Waals surface area contributed by atoms with Gasteiger partial charge in [-0.1, -0.05) is 30.3 Å². The molecule has 0 fully saturated rings. The molecule has 1 aromatic heterocycles. The van der Waals surface area contributed by atoms with E-state index in [1.807, 2.05) is 31.2 Å². The van der Waals surface area contributed by atoms with Gasteiger partial charge in [-0.05, 0) is 49.4 Å². The third kappa shape index (κ3) is 4.81. The molecule has 4 aromatic rings. The molecule has 35 heavy (non-hydrogen) atoms. The van der Waals surface area contributed by atoms with Gasteiger partial charge in [-0.2, -0.15) is 0 Å². The molecule has 8 nitrogen and oxygen atoms in total. The first-order valence-electron chi connectivity index (χ1n) is 10.9. The summed E-state index contributed by atoms with van der Waals surface area (Å²) in [7, 11) is 0.760. The van der Waals surface area contributed by atoms with Crippen molar-refractivity contribution < 1.29 is 17.9 Å². The van der Waals surface area contributed by atoms with Crippen molar-refractivity contribution in [1.82, 2.24) is 14.9 Å². The molecular formula is C26H26N4O4S. The number of nitrogens with zero attached hydrogens (tertiary/aromatic N) is 4. The molecule has 180 valence electrons. The molecular weight excluding hydrogens is 464 g/mol. The second-order valence-electron chi connectivity index (χ2n) is 8.07. The van der Waals surface area contributed by atoms with E-state index in [0.29, 0.717) is 22.8 Å². The van der Waals surface area contributed by atoms with Crippen LogP contribution in [0.2, 0.25) is 0 Å². The van der Waals surface area contributed by atoms with Gasteiger partial charge < -0.3 is 9.64 Å². The van der Waals surface area contributed by atoms with E-state index >= 15 is 0 Å². The minimum Gasteiger partial charge on any atom is -0.495 e. The summed E-state index contributed by atoms with van der Waals surface area (Å²) >= 11 is 0. The van der Waals surface area contributed by atoms with Crippen molar-refractivity contribution in [2.24, 2.45) is 0 Å². The summed E-state index contributed by atoms with van der Waals surface area (Å²) in [6, 6.07) is 20.5. The number of amides is 1. The smallest absolute Gasteiger partial charge is 0.264 e. The van der Waals surface area contributed by atoms with E-state index in [9.17, 15) is 13.2 Å². The highest BCUT2D eigenvalue weighted by atomic mass is 32.2. The van der Waals surface area contributed by atoms with E-state index in [-0.39, 0.29) is 17.3 Å². The predicted octanol–water partition coefficient (Wildman–Crippen LogP) is 4.04. The lowest BCUT2D eigenvalue weighted by Crippen LogP contribution is -2.28. The van der Waals surface area contributed by atoms with Crippen molar-refractivity contribution in [1.29, 1.82) is 0 Å². The number of fused-ring (bicyclic) bond motifs is 1. The van der Waals surface area contributed by atoms with Crippen molar-refractivity contribution in [2.45, 2.75) is 18.4 Å². The van der Waals surface area contributed by atoms with Gasteiger partial charge in [-0.25, -0.2) is 18.4 Å². The summed E-state index contributed by atoms with van der Waals surface area (Å²) < 4.78 is 32.8. The van der Waals surface area contributed by atoms with Gasteiger partial charge in [-0.3, -0.25) is 9.10 Å². The minimum absolute atomic E-state index is 0.0681. The molecule has 9 heteroatoms. The fourth-order valence-electron chi connectivity index (χ4n) is 3.82. The molecule has 4 rings (SSSR count). The molecule has 0 aliphatic heterocycles. The van der Waals surface area contributed by atoms with Crippen LogP contribution >= 0.6 is 0 Å². The molecule has 0 atom stereocenters. The molecule has 3 aromatic carbocycles. The van der Waals surface area contributed by atoms with Crippen LogP contribution in [0.1, 0.15) is 21.9 Å². The Balaban J connectivity index is 1.52. The van der Waals surface area contributed by atoms with Crippen LogP contribution < -0.4 is 9.04 Å². The van der Waals surface area contributed by atoms with Crippen LogP contribution in [0.25, 0.3) is 10.9 Å². The van der Waals surface area contributed by atoms with E-state index in [2.05, 4.69) is 9.97 Å². The van der Waals surface area contributed by atoms with Crippen LogP contribution in [0.4, 0.5) is 5.69 Å². The molecule has 0 bridgehead atoms. The van der Waals surface area contributed by atoms with Crippen molar-refractivity contribution in [3.63, 3.8) is 0 Å². The number of aromatic nitrogens is 2. The van der Waals surface area contributed by atoms with Crippen LogP contribution in [-0.2, 0) is 16.6 Å². The number of para-hydroxylation sites is 3. The van der Waals surface area contributed by atoms with Gasteiger partial charge in [0, 0.05) is 30.7 Å². The van der Waals surface area contributed by atoms with Crippen molar-refractivity contribution in [2.75, 3.05) is 25.5 Å². The van der Waals surface area contributed by atoms with Gasteiger partial charge in [0.25, 0.3) is 15.9 Å². The topological polar surface area (TPSA) is 92.7 Å². The molecule has 0 saturated heterocycles. The maximum absolute atomic E-state index is 13.2. The van der Waals surface area contributed by atoms with Crippen LogP contribution in [0.15, 0.2) is 77.7 Å². The first-order valence-corrected chi connectivity index (χ1v) is 12.4. The quantitative estimate of drug-likeness (QED) is 0.388. The number of sulfonamides is 1. The lowest BCUT2D eigenvalue weighted by Gasteiger charge is -2.22. The number of carbonyl (C=O) groups is 1. The number of methoxy groups -OCH3 is 1. The molecule has 0 unspecified atom stereocenters. The lowest BCUT2D eigenvalue weighted by atomic mass is 10.2. The summed E-state index contributed by atoms with van der Waals surface area (Å²) in [4.78, 5) is 23.7. The van der Waals surface area contributed by atoms with Crippen molar-refractivity contribution in [3.8, 4) is 5.75 Å². The van der Waals surface area contributed by atoms with E-state index in [1.54, 1.807) is 31.3 Å². The number of anilines is 1. The van der Waals surface area contributed by atoms with Crippen molar-refractivity contribution in [3.05, 3.63) is 89.9 Å². The highest BCUT2D eigenvalue weighted by molar-refractivity contribution is 7.92. The van der Waals surface area contributed by atoms with Crippen LogP contribution in [-0.4, -0.2) is 50.4 Å². The maximum Gasteiger partial charge on any atom is 0.264 e. The maximum atomic E-state index is 13.2. The number of carbonyl (C=O) groups excluding carboxylic acids is 1. The monoisotopic (exact) mass is 490 g/mol. The number of ether oxygens (including phenoxy) is 1. The second-order valence-corrected chi connectivity index (χ2v) is 10.0. The summed E-state index contributed by atoms with van der Waals surface area (Å²) in [6.45, 7) is 2.14. The largest absolute Gasteiger partial charge is 0.495 e. The summed E-state index contributed by atoms with van der Waals surface area (Å²) in [5, 5.41) is 0.972. The average molecular weight is 491 g/mol. The van der Waals surface area contributed by atoms with Gasteiger partial charge >= 0.3 is 0 Å². The SMILES string of the molecule is COc1ccccc1N(C)S(=O)(=O)c1ccc(C(=O)N(C)Cc2nc(C)c3ccccc3n2)cc1. The third-order valence-corrected chi connectivity index (χ3v) is 7.54. The molecule has 0 spiro atoms. The Morgan fingerprint density at radius 2 is 1.57 bits per heavy atom. The number of aryl methyl sites for hydroxylation is 1. The Bertz CT molecular complexity index is 1490. The zero-order valence-corrected chi connectivity index (χ0v) is 20.8. The third-order valence-electron chi connectivity index (χ3n) is 5.75. The summed E-state index contributed by atoms with van der Waals surface area (Å²) in [5.74, 6) is 0.717. The number of hydrogen-bond donors (Lipinski definition) is 0. The van der Waals surface area contributed by atoms with Crippen molar-refractivity contribution >= 4 is 32.5 Å². The van der Waals surface area contributed by atoms with E-state index in [0.717, 1.165) is 20.9 Å². The average Bonchev–Trinajstić information content (AvgIpc) is 2.87. The Labute approximate surface area is 204 Å². The van der Waals surface area contributed by atoms with Gasteiger partial charge in [-0.15, -0.1) is 0 Å². The fraction of sp³-hybridized carbons (Fsp3) is 0.192. The normalized spacial score (nSPS) is 11.3. The molecule has 1 amide bonds. The van der Waals surface area contributed by atoms with E-state index in [4.69, 9.17) is 4.74 Å². The Kier molecular flexibility index (Phi) is 6.70. The highest BCUT2D eigenvalue weighted by Gasteiger charge is 2.24. The van der Waals surface area contributed by atoms with E-state index in [1.165, 1.54) is 43.3 Å². The molecule has 0 N–H and O–H groups in total. The fourth-order valence-corrected chi connectivity index (χ4v) is 5.02. The van der Waals surface area contributed by atoms with Crippen LogP contribution in [0.3, 0.4) is 0 Å². The molecule has 0 aliphatic rings. The number of hydrogen-bond acceptors (Lipinski definition) is 6. The molecule has 0 radical (unpaired) electrons. The summed E-state index contributed by atoms with van der Waals surface area (Å²) in [6.07, 6.45) is 0. The van der Waals surface area contributed by atoms with E-state index < -0.39 is 10.0 Å². The Hall–Kier alpha value is -3.98. The summed E-state index contributed by atoms with van der Waals surface area (Å²) in [5.41, 5.74) is 2.45. The molecule has 1 heterocycles. The zero-order chi connectivity index (χ0) is 25.2. The van der Waals surface area contributed by atoms with Gasteiger partial charge in [0.15, 0.2) is 0 Å². The Morgan fingerprint density at radius 3 is 2.29 bits per heavy atom. The van der Waals surface area contributed by atoms with Gasteiger partial charge in [0.1, 0.15) is 11.6 Å². The lowest BCUT2D eigenvalue weighted by molar-refractivity contribution is 0.0781. The van der Waals surface area contributed by atoms with Gasteiger partial charge in [0.2, 0.25) is 0 Å². The highest BCUT2D eigenvalue weighted by Crippen LogP contribution is 2.31. The van der Waals surface area contributed by atoms with Crippen LogP contribution in [0, 0.1) is 6.92 Å². The molecule has 0 saturated carbocycles.